The summed E-state index contributed by atoms with van der Waals surface area (Å²) in [5, 5.41) is 0. The summed E-state index contributed by atoms with van der Waals surface area (Å²) in [6, 6.07) is 0. The maximum Gasteiger partial charge on any atom is 0.123 e. The number of hydrogen-bond acceptors (Lipinski definition) is 1. The van der Waals surface area contributed by atoms with E-state index in [4.69, 9.17) is 0 Å². The largest absolute Gasteiger partial charge is 0.234 e. The number of rotatable bonds is 17. The van der Waals surface area contributed by atoms with Crippen LogP contribution in [0, 0.1) is 0 Å². The molecule has 0 bridgehead atoms. The zero-order valence-corrected chi connectivity index (χ0v) is 15.4. The van der Waals surface area contributed by atoms with Gasteiger partial charge in [0.15, 0.2) is 0 Å². The van der Waals surface area contributed by atoms with Crippen molar-refractivity contribution in [2.75, 3.05) is 0 Å². The molecule has 0 heterocycles. The summed E-state index contributed by atoms with van der Waals surface area (Å²) >= 11 is 0. The Balaban J connectivity index is 3.35. The SMILES string of the molecule is CCCCCCCCCCC(=C=O)CCCCCCCCC. The van der Waals surface area contributed by atoms with E-state index in [9.17, 15) is 4.79 Å². The number of hydrogen-bond donors (Lipinski definition) is 0. The predicted octanol–water partition coefficient (Wildman–Crippen LogP) is 7.42. The van der Waals surface area contributed by atoms with Crippen molar-refractivity contribution in [3.8, 4) is 0 Å². The fourth-order valence-corrected chi connectivity index (χ4v) is 2.99. The summed E-state index contributed by atoms with van der Waals surface area (Å²) in [5.74, 6) is 2.20. The van der Waals surface area contributed by atoms with Crippen LogP contribution >= 0.6 is 0 Å². The highest BCUT2D eigenvalue weighted by atomic mass is 16.1. The van der Waals surface area contributed by atoms with Crippen LogP contribution in [0.3, 0.4) is 0 Å². The van der Waals surface area contributed by atoms with E-state index in [1.54, 1.807) is 0 Å². The van der Waals surface area contributed by atoms with E-state index in [1.807, 2.05) is 0 Å². The first kappa shape index (κ1) is 21.4. The van der Waals surface area contributed by atoms with E-state index in [-0.39, 0.29) is 0 Å². The lowest BCUT2D eigenvalue weighted by Gasteiger charge is -2.05. The molecule has 0 radical (unpaired) electrons. The molecule has 0 aromatic heterocycles. The maximum absolute atomic E-state index is 11.0. The highest BCUT2D eigenvalue weighted by molar-refractivity contribution is 5.52. The molecule has 130 valence electrons. The van der Waals surface area contributed by atoms with Gasteiger partial charge in [0.05, 0.1) is 0 Å². The third kappa shape index (κ3) is 15.8. The van der Waals surface area contributed by atoms with Gasteiger partial charge in [-0.1, -0.05) is 97.3 Å². The fraction of sp³-hybridized carbons (Fsp3) is 0.905. The van der Waals surface area contributed by atoms with Gasteiger partial charge in [0.25, 0.3) is 0 Å². The number of carbonyl (C=O) groups excluding carboxylic acids is 1. The lowest BCUT2D eigenvalue weighted by atomic mass is 10.0. The molecule has 0 rings (SSSR count). The Morgan fingerprint density at radius 3 is 1.18 bits per heavy atom. The summed E-state index contributed by atoms with van der Waals surface area (Å²) in [4.78, 5) is 11.0. The van der Waals surface area contributed by atoms with E-state index in [1.165, 1.54) is 96.3 Å². The Hall–Kier alpha value is -0.550. The van der Waals surface area contributed by atoms with Crippen LogP contribution in [0.4, 0.5) is 0 Å². The Bertz CT molecular complexity index is 263. The normalized spacial score (nSPS) is 10.6. The standard InChI is InChI=1S/C21H40O/c1-3-5-7-9-11-13-15-17-19-21(20-22)18-16-14-12-10-8-6-4-2/h3-19H2,1-2H3. The second kappa shape index (κ2) is 18.5. The molecule has 1 heteroatoms. The lowest BCUT2D eigenvalue weighted by Crippen LogP contribution is -1.88. The van der Waals surface area contributed by atoms with Gasteiger partial charge in [-0.25, -0.2) is 4.79 Å². The van der Waals surface area contributed by atoms with E-state index in [2.05, 4.69) is 19.8 Å². The molecule has 22 heavy (non-hydrogen) atoms. The molecular weight excluding hydrogens is 268 g/mol. The van der Waals surface area contributed by atoms with Gasteiger partial charge in [-0.3, -0.25) is 0 Å². The molecule has 0 aliphatic rings. The summed E-state index contributed by atoms with van der Waals surface area (Å²) < 4.78 is 0. The molecule has 0 saturated heterocycles. The van der Waals surface area contributed by atoms with Crippen LogP contribution in [0.2, 0.25) is 0 Å². The third-order valence-corrected chi connectivity index (χ3v) is 4.56. The highest BCUT2D eigenvalue weighted by Gasteiger charge is 2.00. The summed E-state index contributed by atoms with van der Waals surface area (Å²) in [7, 11) is 0. The van der Waals surface area contributed by atoms with E-state index < -0.39 is 0 Å². The monoisotopic (exact) mass is 308 g/mol. The predicted molar refractivity (Wildman–Crippen MR) is 99.0 cm³/mol. The minimum Gasteiger partial charge on any atom is -0.234 e. The molecule has 0 fully saturated rings. The van der Waals surface area contributed by atoms with E-state index >= 15 is 0 Å². The van der Waals surface area contributed by atoms with Crippen LogP contribution in [0.15, 0.2) is 5.57 Å². The molecule has 0 aliphatic heterocycles. The number of unbranched alkanes of at least 4 members (excludes halogenated alkanes) is 13. The molecule has 0 N–H and O–H groups in total. The second-order valence-electron chi connectivity index (χ2n) is 6.80. The average molecular weight is 309 g/mol. The summed E-state index contributed by atoms with van der Waals surface area (Å²) in [6.45, 7) is 4.52. The van der Waals surface area contributed by atoms with Crippen molar-refractivity contribution < 1.29 is 4.79 Å². The quantitative estimate of drug-likeness (QED) is 0.202. The maximum atomic E-state index is 11.0. The molecule has 0 aromatic rings. The minimum absolute atomic E-state index is 0.994. The first-order valence-electron chi connectivity index (χ1n) is 10.1. The van der Waals surface area contributed by atoms with Crippen LogP contribution in [-0.4, -0.2) is 5.94 Å². The molecule has 0 saturated carbocycles. The van der Waals surface area contributed by atoms with Gasteiger partial charge in [-0.15, -0.1) is 0 Å². The van der Waals surface area contributed by atoms with Crippen molar-refractivity contribution in [2.24, 2.45) is 0 Å². The van der Waals surface area contributed by atoms with Crippen molar-refractivity contribution in [2.45, 2.75) is 123 Å². The van der Waals surface area contributed by atoms with Crippen LogP contribution in [0.1, 0.15) is 123 Å². The molecule has 0 atom stereocenters. The Labute approximate surface area is 140 Å². The van der Waals surface area contributed by atoms with Crippen molar-refractivity contribution in [1.29, 1.82) is 0 Å². The third-order valence-electron chi connectivity index (χ3n) is 4.56. The fourth-order valence-electron chi connectivity index (χ4n) is 2.99. The Kier molecular flexibility index (Phi) is 18.0. The first-order valence-corrected chi connectivity index (χ1v) is 10.1. The average Bonchev–Trinajstić information content (AvgIpc) is 2.54. The summed E-state index contributed by atoms with van der Waals surface area (Å²) in [5.41, 5.74) is 1.04. The molecule has 0 aromatic carbocycles. The minimum atomic E-state index is 0.994. The molecule has 0 aliphatic carbocycles. The topological polar surface area (TPSA) is 17.1 Å². The second-order valence-corrected chi connectivity index (χ2v) is 6.80. The smallest absolute Gasteiger partial charge is 0.123 e. The van der Waals surface area contributed by atoms with Gasteiger partial charge in [0.2, 0.25) is 0 Å². The van der Waals surface area contributed by atoms with Gasteiger partial charge in [-0.05, 0) is 25.7 Å². The van der Waals surface area contributed by atoms with Gasteiger partial charge in [0.1, 0.15) is 5.94 Å². The van der Waals surface area contributed by atoms with Crippen LogP contribution in [0.25, 0.3) is 0 Å². The molecule has 0 unspecified atom stereocenters. The summed E-state index contributed by atoms with van der Waals surface area (Å²) in [6.07, 6.45) is 21.9. The molecule has 0 amide bonds. The highest BCUT2D eigenvalue weighted by Crippen LogP contribution is 2.16. The first-order chi connectivity index (χ1) is 10.8. The molecule has 1 nitrogen and oxygen atoms in total. The van der Waals surface area contributed by atoms with Crippen LogP contribution < -0.4 is 0 Å². The molecule has 0 spiro atoms. The van der Waals surface area contributed by atoms with Crippen molar-refractivity contribution in [1.82, 2.24) is 0 Å². The van der Waals surface area contributed by atoms with Gasteiger partial charge in [-0.2, -0.15) is 0 Å². The zero-order chi connectivity index (χ0) is 16.3. The number of allylic oxidation sites excluding steroid dienone is 1. The molecular formula is C21H40O. The van der Waals surface area contributed by atoms with Gasteiger partial charge in [0, 0.05) is 5.57 Å². The lowest BCUT2D eigenvalue weighted by molar-refractivity contribution is 0.551. The van der Waals surface area contributed by atoms with Crippen LogP contribution in [0.5, 0.6) is 0 Å². The van der Waals surface area contributed by atoms with Crippen molar-refractivity contribution >= 4 is 5.94 Å². The van der Waals surface area contributed by atoms with E-state index in [0.717, 1.165) is 18.4 Å². The van der Waals surface area contributed by atoms with Gasteiger partial charge < -0.3 is 0 Å². The van der Waals surface area contributed by atoms with Gasteiger partial charge >= 0.3 is 0 Å². The Morgan fingerprint density at radius 1 is 0.545 bits per heavy atom. The van der Waals surface area contributed by atoms with E-state index in [0.29, 0.717) is 0 Å². The van der Waals surface area contributed by atoms with Crippen LogP contribution in [-0.2, 0) is 4.79 Å². The Morgan fingerprint density at radius 2 is 0.864 bits per heavy atom. The zero-order valence-electron chi connectivity index (χ0n) is 15.4. The van der Waals surface area contributed by atoms with Crippen molar-refractivity contribution in [3.63, 3.8) is 0 Å². The van der Waals surface area contributed by atoms with Crippen molar-refractivity contribution in [3.05, 3.63) is 5.57 Å².